The molecule has 1 aromatic carbocycles. The lowest BCUT2D eigenvalue weighted by molar-refractivity contribution is -0.131. The molecule has 1 atom stereocenters. The summed E-state index contributed by atoms with van der Waals surface area (Å²) in [4.78, 5) is 36.3. The second-order valence-corrected chi connectivity index (χ2v) is 5.27. The van der Waals surface area contributed by atoms with Gasteiger partial charge < -0.3 is 10.6 Å². The first-order valence-electron chi connectivity index (χ1n) is 6.66. The molecule has 0 aromatic heterocycles. The average molecular weight is 311 g/mol. The van der Waals surface area contributed by atoms with Crippen molar-refractivity contribution in [3.8, 4) is 0 Å². The Morgan fingerprint density at radius 2 is 2.00 bits per heavy atom. The number of imide groups is 1. The molecule has 2 rings (SSSR count). The molecule has 0 bridgehead atoms. The number of carbonyl (C=O) groups is 3. The molecule has 118 valence electrons. The maximum Gasteiger partial charge on any atom is 0.325 e. The number of rotatable bonds is 4. The van der Waals surface area contributed by atoms with Crippen LogP contribution >= 0.6 is 0 Å². The highest BCUT2D eigenvalue weighted by Crippen LogP contribution is 2.15. The van der Waals surface area contributed by atoms with Crippen LogP contribution < -0.4 is 10.6 Å². The third kappa shape index (κ3) is 3.21. The molecule has 6 nitrogen and oxygen atoms in total. The Morgan fingerprint density at radius 1 is 1.32 bits per heavy atom. The van der Waals surface area contributed by atoms with E-state index >= 15 is 0 Å². The number of hydrogen-bond donors (Lipinski definition) is 2. The van der Waals surface area contributed by atoms with Gasteiger partial charge in [-0.2, -0.15) is 0 Å². The predicted molar refractivity (Wildman–Crippen MR) is 73.9 cm³/mol. The van der Waals surface area contributed by atoms with Gasteiger partial charge in [-0.05, 0) is 18.1 Å². The number of carbonyl (C=O) groups excluding carboxylic acids is 3. The van der Waals surface area contributed by atoms with Crippen LogP contribution in [0.1, 0.15) is 13.8 Å². The quantitative estimate of drug-likeness (QED) is 0.827. The molecule has 1 saturated heterocycles. The van der Waals surface area contributed by atoms with Crippen LogP contribution in [-0.4, -0.2) is 35.3 Å². The Balaban J connectivity index is 2.01. The van der Waals surface area contributed by atoms with Gasteiger partial charge in [0, 0.05) is 11.8 Å². The molecule has 0 saturated carbocycles. The molecule has 8 heteroatoms. The number of halogens is 2. The molecule has 1 heterocycles. The van der Waals surface area contributed by atoms with E-state index in [1.54, 1.807) is 13.8 Å². The fourth-order valence-electron chi connectivity index (χ4n) is 2.06. The Bertz CT molecular complexity index is 634. The fourth-order valence-corrected chi connectivity index (χ4v) is 2.06. The molecule has 2 N–H and O–H groups in total. The Labute approximate surface area is 125 Å². The van der Waals surface area contributed by atoms with Crippen molar-refractivity contribution in [2.45, 2.75) is 19.9 Å². The molecule has 4 amide bonds. The second-order valence-electron chi connectivity index (χ2n) is 5.27. The second kappa shape index (κ2) is 6.08. The number of hydrogen-bond acceptors (Lipinski definition) is 3. The van der Waals surface area contributed by atoms with Gasteiger partial charge >= 0.3 is 6.03 Å². The van der Waals surface area contributed by atoms with Gasteiger partial charge in [0.1, 0.15) is 12.6 Å². The number of anilines is 1. The maximum atomic E-state index is 13.0. The lowest BCUT2D eigenvalue weighted by atomic mass is 10.1. The largest absolute Gasteiger partial charge is 0.326 e. The smallest absolute Gasteiger partial charge is 0.325 e. The van der Waals surface area contributed by atoms with Crippen LogP contribution in [0.5, 0.6) is 0 Å². The van der Waals surface area contributed by atoms with Gasteiger partial charge in [0.25, 0.3) is 5.91 Å². The van der Waals surface area contributed by atoms with E-state index in [9.17, 15) is 23.2 Å². The molecule has 1 aliphatic rings. The Morgan fingerprint density at radius 3 is 2.55 bits per heavy atom. The Hall–Kier alpha value is -2.51. The summed E-state index contributed by atoms with van der Waals surface area (Å²) in [6.07, 6.45) is 0. The first kappa shape index (κ1) is 15.9. The van der Waals surface area contributed by atoms with E-state index in [1.165, 1.54) is 6.07 Å². The summed E-state index contributed by atoms with van der Waals surface area (Å²) in [7, 11) is 0. The predicted octanol–water partition coefficient (Wildman–Crippen LogP) is 1.48. The van der Waals surface area contributed by atoms with Crippen molar-refractivity contribution in [3.63, 3.8) is 0 Å². The topological polar surface area (TPSA) is 78.5 Å². The lowest BCUT2D eigenvalue weighted by Crippen LogP contribution is -2.39. The molecular weight excluding hydrogens is 296 g/mol. The van der Waals surface area contributed by atoms with Gasteiger partial charge in [-0.25, -0.2) is 13.6 Å². The van der Waals surface area contributed by atoms with E-state index in [0.717, 1.165) is 17.0 Å². The SMILES string of the molecule is CC(C)[C@@H]1NC(=O)N(CC(=O)Nc2ccc(F)c(F)c2)C1=O. The zero-order valence-electron chi connectivity index (χ0n) is 12.0. The number of nitrogens with one attached hydrogen (secondary N) is 2. The van der Waals surface area contributed by atoms with E-state index in [2.05, 4.69) is 10.6 Å². The van der Waals surface area contributed by atoms with Crippen LogP contribution in [0, 0.1) is 17.6 Å². The van der Waals surface area contributed by atoms with Gasteiger partial charge in [-0.1, -0.05) is 13.8 Å². The van der Waals surface area contributed by atoms with E-state index in [1.807, 2.05) is 0 Å². The van der Waals surface area contributed by atoms with Crippen molar-refractivity contribution in [1.29, 1.82) is 0 Å². The average Bonchev–Trinajstić information content (AvgIpc) is 2.71. The minimum absolute atomic E-state index is 0.0383. The monoisotopic (exact) mass is 311 g/mol. The van der Waals surface area contributed by atoms with Crippen molar-refractivity contribution in [3.05, 3.63) is 29.8 Å². The van der Waals surface area contributed by atoms with Gasteiger partial charge in [-0.3, -0.25) is 14.5 Å². The van der Waals surface area contributed by atoms with Crippen LogP contribution in [0.25, 0.3) is 0 Å². The minimum atomic E-state index is -1.10. The van der Waals surface area contributed by atoms with Crippen LogP contribution in [0.3, 0.4) is 0 Å². The fraction of sp³-hybridized carbons (Fsp3) is 0.357. The van der Waals surface area contributed by atoms with Crippen molar-refractivity contribution in [2.24, 2.45) is 5.92 Å². The van der Waals surface area contributed by atoms with Gasteiger partial charge in [0.05, 0.1) is 0 Å². The third-order valence-corrected chi connectivity index (χ3v) is 3.23. The van der Waals surface area contributed by atoms with Gasteiger partial charge in [0.2, 0.25) is 5.91 Å². The third-order valence-electron chi connectivity index (χ3n) is 3.23. The molecule has 0 spiro atoms. The van der Waals surface area contributed by atoms with Crippen LogP contribution in [0.4, 0.5) is 19.3 Å². The zero-order valence-corrected chi connectivity index (χ0v) is 12.0. The summed E-state index contributed by atoms with van der Waals surface area (Å²) >= 11 is 0. The van der Waals surface area contributed by atoms with Crippen molar-refractivity contribution in [2.75, 3.05) is 11.9 Å². The minimum Gasteiger partial charge on any atom is -0.326 e. The summed E-state index contributed by atoms with van der Waals surface area (Å²) in [5, 5.41) is 4.79. The van der Waals surface area contributed by atoms with Crippen LogP contribution in [0.15, 0.2) is 18.2 Å². The molecule has 1 aromatic rings. The first-order chi connectivity index (χ1) is 10.3. The summed E-state index contributed by atoms with van der Waals surface area (Å²) < 4.78 is 25.8. The molecular formula is C14H15F2N3O3. The van der Waals surface area contributed by atoms with Crippen molar-refractivity contribution in [1.82, 2.24) is 10.2 Å². The van der Waals surface area contributed by atoms with Crippen LogP contribution in [-0.2, 0) is 9.59 Å². The van der Waals surface area contributed by atoms with Gasteiger partial charge in [0.15, 0.2) is 11.6 Å². The Kier molecular flexibility index (Phi) is 4.39. The highest BCUT2D eigenvalue weighted by molar-refractivity contribution is 6.08. The summed E-state index contributed by atoms with van der Waals surface area (Å²) in [6, 6.07) is 1.55. The molecule has 22 heavy (non-hydrogen) atoms. The highest BCUT2D eigenvalue weighted by atomic mass is 19.2. The number of nitrogens with zero attached hydrogens (tertiary/aromatic N) is 1. The maximum absolute atomic E-state index is 13.0. The van der Waals surface area contributed by atoms with E-state index < -0.39 is 42.1 Å². The molecule has 0 unspecified atom stereocenters. The lowest BCUT2D eigenvalue weighted by Gasteiger charge is -2.14. The zero-order chi connectivity index (χ0) is 16.4. The van der Waals surface area contributed by atoms with Crippen LogP contribution in [0.2, 0.25) is 0 Å². The number of benzene rings is 1. The summed E-state index contributed by atoms with van der Waals surface area (Å²) in [5.74, 6) is -3.41. The molecule has 0 radical (unpaired) electrons. The van der Waals surface area contributed by atoms with Crippen molar-refractivity contribution < 1.29 is 23.2 Å². The standard InChI is InChI=1S/C14H15F2N3O3/c1-7(2)12-13(21)19(14(22)18-12)6-11(20)17-8-3-4-9(15)10(16)5-8/h3-5,7,12H,6H2,1-2H3,(H,17,20)(H,18,22)/t12-/m0/s1. The normalized spacial score (nSPS) is 17.9. The summed E-state index contributed by atoms with van der Waals surface area (Å²) in [6.45, 7) is 3.05. The summed E-state index contributed by atoms with van der Waals surface area (Å²) in [5.41, 5.74) is 0.0383. The molecule has 1 fully saturated rings. The van der Waals surface area contributed by atoms with E-state index in [0.29, 0.717) is 0 Å². The molecule has 1 aliphatic heterocycles. The number of amides is 4. The highest BCUT2D eigenvalue weighted by Gasteiger charge is 2.40. The van der Waals surface area contributed by atoms with E-state index in [-0.39, 0.29) is 11.6 Å². The number of urea groups is 1. The molecule has 0 aliphatic carbocycles. The van der Waals surface area contributed by atoms with Crippen molar-refractivity contribution >= 4 is 23.5 Å². The van der Waals surface area contributed by atoms with Gasteiger partial charge in [-0.15, -0.1) is 0 Å². The van der Waals surface area contributed by atoms with E-state index in [4.69, 9.17) is 0 Å². The first-order valence-corrected chi connectivity index (χ1v) is 6.66.